The largest absolute Gasteiger partial charge is 1.00 e. The molecule has 0 aromatic heterocycles. The maximum absolute atomic E-state index is 12.8. The molecule has 0 radical (unpaired) electrons. The fraction of sp³-hybridized carbons (Fsp3) is 0.783. The molecule has 0 bridgehead atoms. The minimum Gasteiger partial charge on any atom is -0.790 e. The molecule has 8 aliphatic carbocycles. The van der Waals surface area contributed by atoms with E-state index >= 15 is 0 Å². The number of hydrogen-bond donors (Lipinski definition) is 5. The summed E-state index contributed by atoms with van der Waals surface area (Å²) in [5, 5.41) is 73.3. The zero-order valence-electron chi connectivity index (χ0n) is 41.1. The van der Waals surface area contributed by atoms with Gasteiger partial charge in [0.2, 0.25) is 0 Å². The van der Waals surface area contributed by atoms with Crippen LogP contribution in [0.1, 0.15) is 130 Å². The number of fused-ring (bicyclic) bond motifs is 10. The molecule has 0 amide bonds. The van der Waals surface area contributed by atoms with Gasteiger partial charge >= 0.3 is 118 Å². The maximum Gasteiger partial charge on any atom is 1.00 e. The molecule has 8 aliphatic rings. The first-order valence-corrected chi connectivity index (χ1v) is 24.1. The van der Waals surface area contributed by atoms with Gasteiger partial charge in [-0.15, -0.1) is 0 Å². The van der Waals surface area contributed by atoms with Crippen LogP contribution in [0.4, 0.5) is 0 Å². The topological polar surface area (TPSA) is 322 Å². The molecule has 8 rings (SSSR count). The molecule has 0 saturated heterocycles. The van der Waals surface area contributed by atoms with Gasteiger partial charge < -0.3 is 64.2 Å². The van der Waals surface area contributed by atoms with Crippen LogP contribution >= 0.6 is 7.82 Å². The molecule has 0 spiro atoms. The summed E-state index contributed by atoms with van der Waals surface area (Å²) < 4.78 is 15.0. The Morgan fingerprint density at radius 1 is 0.647 bits per heavy atom. The van der Waals surface area contributed by atoms with E-state index in [0.717, 1.165) is 44.1 Å². The maximum atomic E-state index is 12.8. The number of aliphatic carboxylic acids is 2. The Hall–Kier alpha value is 1.01. The number of aliphatic hydroxyl groups excluding tert-OH is 3. The van der Waals surface area contributed by atoms with Crippen molar-refractivity contribution in [3.8, 4) is 0 Å². The van der Waals surface area contributed by atoms with Crippen molar-refractivity contribution in [1.82, 2.24) is 0 Å². The summed E-state index contributed by atoms with van der Waals surface area (Å²) in [5.74, 6) is -3.28. The molecular formula is C46H63Na4O17P. The van der Waals surface area contributed by atoms with Gasteiger partial charge in [-0.2, -0.15) is 0 Å². The van der Waals surface area contributed by atoms with E-state index in [2.05, 4.69) is 18.4 Å². The van der Waals surface area contributed by atoms with Gasteiger partial charge in [0.15, 0.2) is 23.1 Å². The molecule has 0 aromatic carbocycles. The number of Topliss-reactive ketones (excluding diaryl/α,β-unsaturated/α-hetero) is 2. The second kappa shape index (κ2) is 24.3. The number of allylic oxidation sites excluding steroid dienone is 2. The zero-order valence-corrected chi connectivity index (χ0v) is 50.0. The first-order valence-electron chi connectivity index (χ1n) is 22.6. The minimum absolute atomic E-state index is 0. The van der Waals surface area contributed by atoms with Crippen molar-refractivity contribution in [1.29, 1.82) is 0 Å². The van der Waals surface area contributed by atoms with Crippen molar-refractivity contribution >= 4 is 42.9 Å². The average molecular weight is 1010 g/mol. The Morgan fingerprint density at radius 2 is 1.01 bits per heavy atom. The molecule has 0 heterocycles. The second-order valence-corrected chi connectivity index (χ2v) is 22.1. The summed E-state index contributed by atoms with van der Waals surface area (Å²) in [6, 6.07) is 0. The van der Waals surface area contributed by atoms with Crippen molar-refractivity contribution in [2.24, 2.45) is 57.2 Å². The van der Waals surface area contributed by atoms with Crippen LogP contribution in [0.15, 0.2) is 23.3 Å². The van der Waals surface area contributed by atoms with Crippen molar-refractivity contribution in [3.63, 3.8) is 0 Å². The molecule has 6 saturated carbocycles. The summed E-state index contributed by atoms with van der Waals surface area (Å²) in [6.07, 6.45) is 9.38. The van der Waals surface area contributed by atoms with Gasteiger partial charge in [-0.25, -0.2) is 0 Å². The Labute approximate surface area is 486 Å². The van der Waals surface area contributed by atoms with Crippen LogP contribution in [0, 0.1) is 57.2 Å². The van der Waals surface area contributed by atoms with Crippen LogP contribution in [0.2, 0.25) is 0 Å². The Kier molecular flexibility index (Phi) is 23.3. The van der Waals surface area contributed by atoms with Gasteiger partial charge in [0, 0.05) is 35.6 Å². The molecule has 14 atom stereocenters. The van der Waals surface area contributed by atoms with Gasteiger partial charge in [-0.1, -0.05) is 38.8 Å². The van der Waals surface area contributed by atoms with Crippen LogP contribution in [-0.4, -0.2) is 97.2 Å². The van der Waals surface area contributed by atoms with E-state index in [0.29, 0.717) is 38.5 Å². The fourth-order valence-corrected chi connectivity index (χ4v) is 15.2. The van der Waals surface area contributed by atoms with Crippen molar-refractivity contribution in [3.05, 3.63) is 23.3 Å². The Bertz CT molecular complexity index is 2030. The minimum atomic E-state index is -5.33. The van der Waals surface area contributed by atoms with Gasteiger partial charge in [0.05, 0.1) is 20.0 Å². The molecule has 17 nitrogen and oxygen atoms in total. The molecule has 68 heavy (non-hydrogen) atoms. The van der Waals surface area contributed by atoms with E-state index in [1.165, 1.54) is 5.57 Å². The summed E-state index contributed by atoms with van der Waals surface area (Å²) >= 11 is 0. The van der Waals surface area contributed by atoms with Crippen LogP contribution in [-0.2, 0) is 37.9 Å². The number of phosphoric acid groups is 1. The molecule has 358 valence electrons. The molecule has 5 N–H and O–H groups in total. The SMILES string of the molecule is C[C@]12CCC(=O)C=C1CC[C@@H]1[C@@H]2[C@@H](O)C[C@@]2(C)[C@H]1CC[C@]2(O)C(=O)CO.C[C@]12CCC(=O)C=C1CC[C@@H]1[C@@H]2[C@@H](O)C[C@@]2(C)[C@H]1CC[C@]2(O)C(=O)COP(=O)([O-])[O-].O=C([O-])CCC(=O)[O-].[Na+].[Na+].[Na+].[Na+]. The van der Waals surface area contributed by atoms with E-state index < -0.39 is 91.6 Å². The van der Waals surface area contributed by atoms with E-state index in [1.54, 1.807) is 19.1 Å². The number of ketones is 4. The molecule has 0 aromatic rings. The summed E-state index contributed by atoms with van der Waals surface area (Å²) in [7, 11) is -5.33. The molecule has 6 fully saturated rings. The predicted molar refractivity (Wildman–Crippen MR) is 216 cm³/mol. The first kappa shape index (κ1) is 65.1. The smallest absolute Gasteiger partial charge is 0.790 e. The van der Waals surface area contributed by atoms with Crippen molar-refractivity contribution in [2.45, 2.75) is 154 Å². The second-order valence-electron chi connectivity index (χ2n) is 20.9. The third-order valence-corrected chi connectivity index (χ3v) is 18.5. The number of phosphoric ester groups is 1. The van der Waals surface area contributed by atoms with Crippen LogP contribution in [0.25, 0.3) is 0 Å². The number of carboxylic acid groups (broad SMARTS) is 2. The zero-order chi connectivity index (χ0) is 47.6. The average Bonchev–Trinajstić information content (AvgIpc) is 3.64. The number of aliphatic hydroxyl groups is 5. The van der Waals surface area contributed by atoms with Crippen LogP contribution in [0.3, 0.4) is 0 Å². The Morgan fingerprint density at radius 3 is 1.35 bits per heavy atom. The van der Waals surface area contributed by atoms with Crippen molar-refractivity contribution in [2.75, 3.05) is 13.2 Å². The summed E-state index contributed by atoms with van der Waals surface area (Å²) in [5.41, 5.74) is -3.20. The number of carbonyl (C=O) groups excluding carboxylic acids is 6. The quantitative estimate of drug-likeness (QED) is 0.106. The van der Waals surface area contributed by atoms with Gasteiger partial charge in [0.1, 0.15) is 24.4 Å². The fourth-order valence-electron chi connectivity index (χ4n) is 14.9. The normalized spacial score (nSPS) is 40.6. The number of rotatable bonds is 9. The summed E-state index contributed by atoms with van der Waals surface area (Å²) in [6.45, 7) is 6.38. The third kappa shape index (κ3) is 12.0. The molecule has 0 unspecified atom stereocenters. The van der Waals surface area contributed by atoms with Gasteiger partial charge in [-0.05, 0) is 148 Å². The van der Waals surface area contributed by atoms with E-state index in [4.69, 9.17) is 0 Å². The standard InChI is InChI=1S/C21H31O8P.C21H30O5.C4H6O4.4Na/c1-19-7-5-13(22)9-12(19)3-4-14-15-6-8-21(25,17(24)11-29-30(26,27)28)20(15,2)10-16(23)18(14)19;1-19-7-5-13(23)9-12(19)3-4-14-15-6-8-21(26,17(25)11-22)20(15,2)10-16(24)18(14)19;5-3(6)1-2-4(7)8;;;;/h9,14-16,18,23,25H,3-8,10-11H2,1-2H3,(H2,26,27,28);9,14-16,18,22,24,26H,3-8,10-11H2,1-2H3;1-2H2,(H,5,6)(H,7,8);;;;/q;;;4*+1/p-4/t2*14-,15-,16-,18+,19-,20-,21-;;;;;/m00...../s1. The summed E-state index contributed by atoms with van der Waals surface area (Å²) in [4.78, 5) is 89.6. The molecule has 22 heteroatoms. The number of carbonyl (C=O) groups is 6. The number of hydrogen-bond acceptors (Lipinski definition) is 17. The van der Waals surface area contributed by atoms with Gasteiger partial charge in [-0.3, -0.25) is 19.2 Å². The Balaban J connectivity index is 0.000000385. The van der Waals surface area contributed by atoms with Crippen LogP contribution < -0.4 is 138 Å². The number of carboxylic acids is 2. The third-order valence-electron chi connectivity index (χ3n) is 18.0. The van der Waals surface area contributed by atoms with E-state index in [9.17, 15) is 78.9 Å². The van der Waals surface area contributed by atoms with E-state index in [-0.39, 0.29) is 189 Å². The predicted octanol–water partition coefficient (Wildman–Crippen LogP) is -12.3. The molecular weight excluding hydrogens is 947 g/mol. The monoisotopic (exact) mass is 1010 g/mol. The first-order chi connectivity index (χ1) is 29.6. The van der Waals surface area contributed by atoms with Gasteiger partial charge in [0.25, 0.3) is 0 Å². The van der Waals surface area contributed by atoms with Crippen molar-refractivity contribution < 1.29 is 202 Å². The van der Waals surface area contributed by atoms with E-state index in [1.807, 2.05) is 6.92 Å². The molecule has 0 aliphatic heterocycles. The van der Waals surface area contributed by atoms with Crippen LogP contribution in [0.5, 0.6) is 0 Å².